The minimum absolute atomic E-state index is 0.0195. The van der Waals surface area contributed by atoms with Crippen molar-refractivity contribution in [3.8, 4) is 0 Å². The molecule has 0 radical (unpaired) electrons. The molecule has 1 aromatic rings. The lowest BCUT2D eigenvalue weighted by atomic mass is 10.2. The lowest BCUT2D eigenvalue weighted by Crippen LogP contribution is -2.35. The molecule has 0 aliphatic carbocycles. The van der Waals surface area contributed by atoms with Crippen LogP contribution in [-0.4, -0.2) is 44.1 Å². The molecule has 2 rings (SSSR count). The van der Waals surface area contributed by atoms with Crippen molar-refractivity contribution in [1.82, 2.24) is 10.3 Å². The Labute approximate surface area is 113 Å². The summed E-state index contributed by atoms with van der Waals surface area (Å²) in [4.78, 5) is 19.7. The third kappa shape index (κ3) is 3.07. The summed E-state index contributed by atoms with van der Waals surface area (Å²) in [5.41, 5.74) is 6.58. The van der Waals surface area contributed by atoms with Gasteiger partial charge in [-0.25, -0.2) is 4.98 Å². The predicted octanol–water partition coefficient (Wildman–Crippen LogP) is 0.445. The van der Waals surface area contributed by atoms with Gasteiger partial charge in [-0.1, -0.05) is 0 Å². The first-order valence-electron chi connectivity index (χ1n) is 6.43. The number of aromatic nitrogens is 1. The maximum absolute atomic E-state index is 11.1. The van der Waals surface area contributed by atoms with Gasteiger partial charge in [0.1, 0.15) is 5.82 Å². The largest absolute Gasteiger partial charge is 0.396 e. The van der Waals surface area contributed by atoms with Gasteiger partial charge < -0.3 is 20.9 Å². The van der Waals surface area contributed by atoms with Gasteiger partial charge in [-0.2, -0.15) is 0 Å². The summed E-state index contributed by atoms with van der Waals surface area (Å²) >= 11 is 0. The van der Waals surface area contributed by atoms with Gasteiger partial charge in [0, 0.05) is 40.2 Å². The molecule has 3 N–H and O–H groups in total. The monoisotopic (exact) mass is 263 g/mol. The number of nitrogen functional groups attached to an aromatic ring is 1. The summed E-state index contributed by atoms with van der Waals surface area (Å²) in [5, 5.41) is 2.95. The quantitative estimate of drug-likeness (QED) is 0.828. The fourth-order valence-corrected chi connectivity index (χ4v) is 2.36. The van der Waals surface area contributed by atoms with Crippen molar-refractivity contribution in [1.29, 1.82) is 0 Å². The van der Waals surface area contributed by atoms with E-state index in [9.17, 15) is 4.79 Å². The van der Waals surface area contributed by atoms with E-state index in [0.29, 0.717) is 5.69 Å². The molecule has 1 unspecified atom stereocenters. The molecule has 0 aromatic carbocycles. The first kappa shape index (κ1) is 13.5. The molecule has 1 aliphatic rings. The molecule has 0 saturated carbocycles. The number of pyridine rings is 1. The number of nitrogens with two attached hydrogens (primary N) is 1. The average Bonchev–Trinajstić information content (AvgIpc) is 2.76. The molecule has 6 heteroatoms. The van der Waals surface area contributed by atoms with E-state index in [1.165, 1.54) is 0 Å². The smallest absolute Gasteiger partial charge is 0.217 e. The Bertz CT molecular complexity index is 474. The number of amides is 1. The number of carbonyl (C=O) groups excluding carboxylic acids is 1. The van der Waals surface area contributed by atoms with Crippen LogP contribution < -0.4 is 20.9 Å². The summed E-state index contributed by atoms with van der Waals surface area (Å²) in [5.74, 6) is 1.71. The molecule has 6 nitrogen and oxygen atoms in total. The van der Waals surface area contributed by atoms with E-state index in [-0.39, 0.29) is 11.9 Å². The van der Waals surface area contributed by atoms with Gasteiger partial charge in [-0.05, 0) is 18.6 Å². The standard InChI is InChI=1S/C13H21N5O/c1-9(19)15-10-6-7-18(8-10)12-5-4-11(14)13(16-12)17(2)3/h4-5,10H,6-8,14H2,1-3H3,(H,15,19). The van der Waals surface area contributed by atoms with Gasteiger partial charge in [0.15, 0.2) is 5.82 Å². The van der Waals surface area contributed by atoms with Crippen molar-refractivity contribution >= 4 is 23.2 Å². The van der Waals surface area contributed by atoms with Crippen LogP contribution in [0.1, 0.15) is 13.3 Å². The first-order chi connectivity index (χ1) is 8.97. The molecular weight excluding hydrogens is 242 g/mol. The number of carbonyl (C=O) groups is 1. The Morgan fingerprint density at radius 1 is 1.53 bits per heavy atom. The van der Waals surface area contributed by atoms with Crippen LogP contribution in [0.15, 0.2) is 12.1 Å². The molecule has 1 fully saturated rings. The summed E-state index contributed by atoms with van der Waals surface area (Å²) in [6.07, 6.45) is 0.947. The minimum Gasteiger partial charge on any atom is -0.396 e. The van der Waals surface area contributed by atoms with Crippen LogP contribution in [0.25, 0.3) is 0 Å². The van der Waals surface area contributed by atoms with E-state index in [0.717, 1.165) is 31.1 Å². The molecule has 1 aliphatic heterocycles. The third-order valence-electron chi connectivity index (χ3n) is 3.23. The lowest BCUT2D eigenvalue weighted by molar-refractivity contribution is -0.119. The SMILES string of the molecule is CC(=O)NC1CCN(c2ccc(N)c(N(C)C)n2)C1. The average molecular weight is 263 g/mol. The van der Waals surface area contributed by atoms with Crippen LogP contribution in [0.3, 0.4) is 0 Å². The fourth-order valence-electron chi connectivity index (χ4n) is 2.36. The van der Waals surface area contributed by atoms with Crippen LogP contribution in [0.2, 0.25) is 0 Å². The fraction of sp³-hybridized carbons (Fsp3) is 0.538. The van der Waals surface area contributed by atoms with Crippen LogP contribution in [0.5, 0.6) is 0 Å². The van der Waals surface area contributed by atoms with Crippen molar-refractivity contribution in [2.75, 3.05) is 42.7 Å². The second-order valence-electron chi connectivity index (χ2n) is 5.11. The van der Waals surface area contributed by atoms with E-state index in [1.54, 1.807) is 6.92 Å². The van der Waals surface area contributed by atoms with Gasteiger partial charge in [0.25, 0.3) is 0 Å². The van der Waals surface area contributed by atoms with Gasteiger partial charge in [0.05, 0.1) is 5.69 Å². The second-order valence-corrected chi connectivity index (χ2v) is 5.11. The third-order valence-corrected chi connectivity index (χ3v) is 3.23. The Balaban J connectivity index is 2.11. The number of nitrogens with one attached hydrogen (secondary N) is 1. The first-order valence-corrected chi connectivity index (χ1v) is 6.43. The van der Waals surface area contributed by atoms with Gasteiger partial charge >= 0.3 is 0 Å². The number of anilines is 3. The van der Waals surface area contributed by atoms with Gasteiger partial charge in [0.2, 0.25) is 5.91 Å². The highest BCUT2D eigenvalue weighted by Gasteiger charge is 2.24. The minimum atomic E-state index is 0.0195. The Morgan fingerprint density at radius 2 is 2.26 bits per heavy atom. The maximum atomic E-state index is 11.1. The summed E-state index contributed by atoms with van der Waals surface area (Å²) in [7, 11) is 3.85. The van der Waals surface area contributed by atoms with E-state index < -0.39 is 0 Å². The molecule has 1 atom stereocenters. The zero-order valence-corrected chi connectivity index (χ0v) is 11.7. The van der Waals surface area contributed by atoms with Crippen molar-refractivity contribution < 1.29 is 4.79 Å². The van der Waals surface area contributed by atoms with E-state index in [2.05, 4.69) is 15.2 Å². The number of rotatable bonds is 3. The van der Waals surface area contributed by atoms with Gasteiger partial charge in [-0.15, -0.1) is 0 Å². The van der Waals surface area contributed by atoms with Crippen molar-refractivity contribution in [2.45, 2.75) is 19.4 Å². The van der Waals surface area contributed by atoms with Gasteiger partial charge in [-0.3, -0.25) is 4.79 Å². The molecule has 1 saturated heterocycles. The summed E-state index contributed by atoms with van der Waals surface area (Å²) in [6, 6.07) is 4.02. The van der Waals surface area contributed by atoms with Crippen molar-refractivity contribution in [3.63, 3.8) is 0 Å². The molecule has 19 heavy (non-hydrogen) atoms. The Hall–Kier alpha value is -1.98. The van der Waals surface area contributed by atoms with Crippen LogP contribution in [0.4, 0.5) is 17.3 Å². The number of hydrogen-bond donors (Lipinski definition) is 2. The lowest BCUT2D eigenvalue weighted by Gasteiger charge is -2.21. The van der Waals surface area contributed by atoms with E-state index in [1.807, 2.05) is 31.1 Å². The molecule has 0 bridgehead atoms. The highest BCUT2D eigenvalue weighted by Crippen LogP contribution is 2.25. The second kappa shape index (κ2) is 5.34. The van der Waals surface area contributed by atoms with Crippen molar-refractivity contribution in [3.05, 3.63) is 12.1 Å². The zero-order valence-electron chi connectivity index (χ0n) is 11.7. The van der Waals surface area contributed by atoms with Crippen molar-refractivity contribution in [2.24, 2.45) is 0 Å². The molecule has 2 heterocycles. The highest BCUT2D eigenvalue weighted by molar-refractivity contribution is 5.73. The Morgan fingerprint density at radius 3 is 2.89 bits per heavy atom. The summed E-state index contributed by atoms with van der Waals surface area (Å²) in [6.45, 7) is 3.24. The maximum Gasteiger partial charge on any atom is 0.217 e. The van der Waals surface area contributed by atoms with Crippen LogP contribution in [-0.2, 0) is 4.79 Å². The van der Waals surface area contributed by atoms with E-state index >= 15 is 0 Å². The van der Waals surface area contributed by atoms with Crippen LogP contribution in [0, 0.1) is 0 Å². The predicted molar refractivity (Wildman–Crippen MR) is 77.4 cm³/mol. The molecular formula is C13H21N5O. The number of hydrogen-bond acceptors (Lipinski definition) is 5. The highest BCUT2D eigenvalue weighted by atomic mass is 16.1. The van der Waals surface area contributed by atoms with E-state index in [4.69, 9.17) is 5.73 Å². The molecule has 104 valence electrons. The topological polar surface area (TPSA) is 74.5 Å². The summed E-state index contributed by atoms with van der Waals surface area (Å²) < 4.78 is 0. The zero-order chi connectivity index (χ0) is 14.0. The Kier molecular flexibility index (Phi) is 3.78. The molecule has 1 amide bonds. The normalized spacial score (nSPS) is 18.5. The molecule has 1 aromatic heterocycles. The van der Waals surface area contributed by atoms with Crippen LogP contribution >= 0.6 is 0 Å². The number of nitrogens with zero attached hydrogens (tertiary/aromatic N) is 3. The molecule has 0 spiro atoms.